The van der Waals surface area contributed by atoms with Crippen LogP contribution in [0.1, 0.15) is 31.8 Å². The number of nitrogens with zero attached hydrogens (tertiary/aromatic N) is 1. The molecule has 4 aromatic rings. The second kappa shape index (κ2) is 8.93. The van der Waals surface area contributed by atoms with Gasteiger partial charge in [-0.05, 0) is 41.8 Å². The topological polar surface area (TPSA) is 130 Å². The van der Waals surface area contributed by atoms with Gasteiger partial charge in [-0.15, -0.1) is 0 Å². The molecule has 0 saturated carbocycles. The summed E-state index contributed by atoms with van der Waals surface area (Å²) in [5, 5.41) is 15.1. The molecule has 1 aliphatic heterocycles. The van der Waals surface area contributed by atoms with Crippen molar-refractivity contribution in [2.45, 2.75) is 12.8 Å². The molecule has 1 amide bonds. The average molecular weight is 434 g/mol. The molecule has 0 unspecified atom stereocenters. The van der Waals surface area contributed by atoms with Gasteiger partial charge in [0.2, 0.25) is 6.54 Å². The van der Waals surface area contributed by atoms with Gasteiger partial charge in [0.25, 0.3) is 5.91 Å². The highest BCUT2D eigenvalue weighted by Gasteiger charge is 2.17. The van der Waals surface area contributed by atoms with E-state index in [1.54, 1.807) is 18.3 Å². The SMILES string of the molecule is COC(=O)c1cccc2[nH]cc(CC[N+](=O)[O-])c12.O=C1NCCc2c[nH]c3cccc1c23. The number of amides is 1. The molecule has 0 atom stereocenters. The summed E-state index contributed by atoms with van der Waals surface area (Å²) in [6.07, 6.45) is 4.87. The lowest BCUT2D eigenvalue weighted by molar-refractivity contribution is -0.479. The molecule has 0 spiro atoms. The first-order chi connectivity index (χ1) is 15.5. The molecule has 2 aromatic carbocycles. The van der Waals surface area contributed by atoms with Crippen LogP contribution in [0.2, 0.25) is 0 Å². The number of methoxy groups -OCH3 is 1. The number of hydrogen-bond acceptors (Lipinski definition) is 5. The molecule has 0 saturated heterocycles. The average Bonchev–Trinajstić information content (AvgIpc) is 3.37. The number of rotatable bonds is 4. The molecule has 32 heavy (non-hydrogen) atoms. The van der Waals surface area contributed by atoms with Crippen LogP contribution in [0.25, 0.3) is 21.8 Å². The van der Waals surface area contributed by atoms with Crippen molar-refractivity contribution in [1.29, 1.82) is 0 Å². The van der Waals surface area contributed by atoms with E-state index in [9.17, 15) is 19.7 Å². The van der Waals surface area contributed by atoms with E-state index >= 15 is 0 Å². The molecule has 5 rings (SSSR count). The van der Waals surface area contributed by atoms with Crippen LogP contribution in [0.15, 0.2) is 48.8 Å². The Morgan fingerprint density at radius 3 is 2.56 bits per heavy atom. The second-order valence-electron chi connectivity index (χ2n) is 7.39. The van der Waals surface area contributed by atoms with Crippen LogP contribution in [0.5, 0.6) is 0 Å². The molecule has 9 nitrogen and oxygen atoms in total. The van der Waals surface area contributed by atoms with E-state index in [1.807, 2.05) is 30.5 Å². The van der Waals surface area contributed by atoms with Gasteiger partial charge >= 0.3 is 5.97 Å². The number of benzene rings is 2. The van der Waals surface area contributed by atoms with E-state index in [0.717, 1.165) is 40.5 Å². The zero-order chi connectivity index (χ0) is 22.7. The number of aromatic nitrogens is 2. The third kappa shape index (κ3) is 4.04. The highest BCUT2D eigenvalue weighted by molar-refractivity contribution is 6.08. The Hall–Kier alpha value is -4.14. The largest absolute Gasteiger partial charge is 0.465 e. The Morgan fingerprint density at radius 1 is 1.09 bits per heavy atom. The van der Waals surface area contributed by atoms with E-state index in [0.29, 0.717) is 10.9 Å². The molecule has 0 radical (unpaired) electrons. The Bertz CT molecular complexity index is 1320. The van der Waals surface area contributed by atoms with Crippen molar-refractivity contribution in [3.63, 3.8) is 0 Å². The molecule has 164 valence electrons. The van der Waals surface area contributed by atoms with Gasteiger partial charge < -0.3 is 20.0 Å². The number of fused-ring (bicyclic) bond motifs is 1. The van der Waals surface area contributed by atoms with Crippen molar-refractivity contribution >= 4 is 33.7 Å². The Kier molecular flexibility index (Phi) is 5.89. The lowest BCUT2D eigenvalue weighted by Crippen LogP contribution is -2.23. The van der Waals surface area contributed by atoms with Gasteiger partial charge in [-0.3, -0.25) is 14.9 Å². The van der Waals surface area contributed by atoms with E-state index in [-0.39, 0.29) is 23.8 Å². The van der Waals surface area contributed by atoms with Crippen LogP contribution in [-0.4, -0.2) is 47.0 Å². The summed E-state index contributed by atoms with van der Waals surface area (Å²) in [7, 11) is 1.31. The molecule has 9 heteroatoms. The first-order valence-corrected chi connectivity index (χ1v) is 10.2. The Morgan fingerprint density at radius 2 is 1.81 bits per heavy atom. The minimum Gasteiger partial charge on any atom is -0.465 e. The van der Waals surface area contributed by atoms with E-state index in [1.165, 1.54) is 12.7 Å². The molecular formula is C23H22N4O5. The predicted molar refractivity (Wildman–Crippen MR) is 120 cm³/mol. The Balaban J connectivity index is 0.000000157. The molecule has 1 aliphatic rings. The standard InChI is InChI=1S/C12H12N2O4.C11H10N2O/c1-18-12(15)9-3-2-4-10-11(9)8(7-13-10)5-6-14(16)17;14-11-8-2-1-3-9-10(8)7(6-13-9)4-5-12-11/h2-4,7,13H,5-6H2,1H3;1-3,6,13H,4-5H2,(H,12,14). The van der Waals surface area contributed by atoms with Crippen LogP contribution in [0.4, 0.5) is 0 Å². The highest BCUT2D eigenvalue weighted by atomic mass is 16.6. The van der Waals surface area contributed by atoms with Crippen LogP contribution < -0.4 is 5.32 Å². The Labute approximate surface area is 182 Å². The van der Waals surface area contributed by atoms with Gasteiger partial charge in [-0.1, -0.05) is 12.1 Å². The smallest absolute Gasteiger partial charge is 0.338 e. The number of carbonyl (C=O) groups excluding carboxylic acids is 2. The molecule has 3 N–H and O–H groups in total. The van der Waals surface area contributed by atoms with Crippen molar-refractivity contribution in [3.8, 4) is 0 Å². The summed E-state index contributed by atoms with van der Waals surface area (Å²) in [6, 6.07) is 11.0. The fourth-order valence-corrected chi connectivity index (χ4v) is 3.99. The lowest BCUT2D eigenvalue weighted by Gasteiger charge is -2.03. The van der Waals surface area contributed by atoms with Crippen molar-refractivity contribution in [3.05, 3.63) is 81.2 Å². The monoisotopic (exact) mass is 434 g/mol. The summed E-state index contributed by atoms with van der Waals surface area (Å²) >= 11 is 0. The van der Waals surface area contributed by atoms with Crippen molar-refractivity contribution < 1.29 is 19.2 Å². The first kappa shape index (κ1) is 21.1. The van der Waals surface area contributed by atoms with Gasteiger partial charge in [0.1, 0.15) is 0 Å². The normalized spacial score (nSPS) is 12.6. The van der Waals surface area contributed by atoms with E-state index in [2.05, 4.69) is 15.3 Å². The maximum Gasteiger partial charge on any atom is 0.338 e. The quantitative estimate of drug-likeness (QED) is 0.258. The van der Waals surface area contributed by atoms with Crippen molar-refractivity contribution in [2.75, 3.05) is 20.2 Å². The zero-order valence-electron chi connectivity index (χ0n) is 17.4. The van der Waals surface area contributed by atoms with E-state index < -0.39 is 5.97 Å². The number of esters is 1. The van der Waals surface area contributed by atoms with Gasteiger partial charge in [0.05, 0.1) is 12.7 Å². The van der Waals surface area contributed by atoms with Crippen molar-refractivity contribution in [1.82, 2.24) is 15.3 Å². The third-order valence-corrected chi connectivity index (χ3v) is 5.47. The fourth-order valence-electron chi connectivity index (χ4n) is 3.99. The second-order valence-corrected chi connectivity index (χ2v) is 7.39. The third-order valence-electron chi connectivity index (χ3n) is 5.47. The predicted octanol–water partition coefficient (Wildman–Crippen LogP) is 3.23. The maximum absolute atomic E-state index is 11.7. The summed E-state index contributed by atoms with van der Waals surface area (Å²) in [5.41, 5.74) is 5.02. The molecule has 2 aromatic heterocycles. The highest BCUT2D eigenvalue weighted by Crippen LogP contribution is 2.25. The fraction of sp³-hybridized carbons (Fsp3) is 0.217. The zero-order valence-corrected chi connectivity index (χ0v) is 17.4. The number of carbonyl (C=O) groups is 2. The molecular weight excluding hydrogens is 412 g/mol. The van der Waals surface area contributed by atoms with Gasteiger partial charge in [0.15, 0.2) is 0 Å². The number of H-pyrrole nitrogens is 2. The van der Waals surface area contributed by atoms with Crippen LogP contribution in [0, 0.1) is 10.1 Å². The minimum atomic E-state index is -0.442. The number of hydrogen-bond donors (Lipinski definition) is 3. The lowest BCUT2D eigenvalue weighted by atomic mass is 10.0. The molecule has 3 heterocycles. The summed E-state index contributed by atoms with van der Waals surface area (Å²) < 4.78 is 4.71. The van der Waals surface area contributed by atoms with Crippen LogP contribution >= 0.6 is 0 Å². The number of nitrogens with one attached hydrogen (secondary N) is 3. The van der Waals surface area contributed by atoms with E-state index in [4.69, 9.17) is 4.74 Å². The van der Waals surface area contributed by atoms with Crippen LogP contribution in [-0.2, 0) is 17.6 Å². The van der Waals surface area contributed by atoms with Crippen molar-refractivity contribution in [2.24, 2.45) is 0 Å². The summed E-state index contributed by atoms with van der Waals surface area (Å²) in [4.78, 5) is 39.5. The number of aromatic amines is 2. The number of ether oxygens (including phenoxy) is 1. The molecule has 0 aliphatic carbocycles. The van der Waals surface area contributed by atoms with Gasteiger partial charge in [-0.25, -0.2) is 4.79 Å². The van der Waals surface area contributed by atoms with Crippen LogP contribution in [0.3, 0.4) is 0 Å². The summed E-state index contributed by atoms with van der Waals surface area (Å²) in [5.74, 6) is -0.406. The minimum absolute atomic E-state index is 0.0361. The summed E-state index contributed by atoms with van der Waals surface area (Å²) in [6.45, 7) is 0.558. The maximum atomic E-state index is 11.7. The molecule has 0 bridgehead atoms. The van der Waals surface area contributed by atoms with Gasteiger partial charge in [-0.2, -0.15) is 0 Å². The first-order valence-electron chi connectivity index (χ1n) is 10.2. The molecule has 0 fully saturated rings. The van der Waals surface area contributed by atoms with Gasteiger partial charge in [0, 0.05) is 57.7 Å². The number of nitro groups is 1.